The number of nitrogens with zero attached hydrogens (tertiary/aromatic N) is 4. The Kier molecular flexibility index (Phi) is 4.41. The maximum Gasteiger partial charge on any atom is 0.322 e. The average molecular weight is 325 g/mol. The van der Waals surface area contributed by atoms with Crippen LogP contribution in [-0.4, -0.2) is 25.9 Å². The van der Waals surface area contributed by atoms with Gasteiger partial charge in [-0.15, -0.1) is 5.10 Å². The Hall–Kier alpha value is -2.96. The molecule has 0 spiro atoms. The van der Waals surface area contributed by atoms with Crippen molar-refractivity contribution in [3.05, 3.63) is 59.2 Å². The van der Waals surface area contributed by atoms with Crippen LogP contribution in [0.4, 0.5) is 6.01 Å². The molecular formula is C17H19N5O2. The number of aromatic nitrogens is 4. The van der Waals surface area contributed by atoms with E-state index in [1.807, 2.05) is 12.1 Å². The van der Waals surface area contributed by atoms with Crippen molar-refractivity contribution < 1.29 is 9.21 Å². The summed E-state index contributed by atoms with van der Waals surface area (Å²) in [5.41, 5.74) is 2.78. The number of carbonyl (C=O) groups is 1. The van der Waals surface area contributed by atoms with Crippen LogP contribution in [0.25, 0.3) is 0 Å². The molecule has 7 nitrogen and oxygen atoms in total. The van der Waals surface area contributed by atoms with Crippen LogP contribution in [0.2, 0.25) is 0 Å². The molecule has 24 heavy (non-hydrogen) atoms. The monoisotopic (exact) mass is 325 g/mol. The molecule has 1 aromatic carbocycles. The second-order valence-electron chi connectivity index (χ2n) is 5.87. The number of anilines is 1. The molecule has 0 saturated carbocycles. The van der Waals surface area contributed by atoms with Gasteiger partial charge in [0.1, 0.15) is 5.69 Å². The van der Waals surface area contributed by atoms with E-state index in [0.717, 1.165) is 5.56 Å². The molecule has 0 fully saturated rings. The Morgan fingerprint density at radius 3 is 2.58 bits per heavy atom. The number of carbonyl (C=O) groups excluding carboxylic acids is 1. The lowest BCUT2D eigenvalue weighted by atomic mass is 10.0. The number of amides is 1. The van der Waals surface area contributed by atoms with Crippen LogP contribution >= 0.6 is 0 Å². The zero-order chi connectivity index (χ0) is 17.1. The van der Waals surface area contributed by atoms with Crippen molar-refractivity contribution in [3.63, 3.8) is 0 Å². The van der Waals surface area contributed by atoms with Crippen molar-refractivity contribution in [3.8, 4) is 0 Å². The summed E-state index contributed by atoms with van der Waals surface area (Å²) in [5.74, 6) is 0.607. The summed E-state index contributed by atoms with van der Waals surface area (Å²) in [6, 6.07) is 9.99. The van der Waals surface area contributed by atoms with Gasteiger partial charge in [0.05, 0.1) is 6.42 Å². The number of hydrogen-bond acceptors (Lipinski definition) is 5. The fraction of sp³-hybridized carbons (Fsp3) is 0.294. The van der Waals surface area contributed by atoms with Gasteiger partial charge in [0.15, 0.2) is 0 Å². The topological polar surface area (TPSA) is 85.8 Å². The molecule has 0 bridgehead atoms. The van der Waals surface area contributed by atoms with Gasteiger partial charge in [0, 0.05) is 13.2 Å². The zero-order valence-electron chi connectivity index (χ0n) is 13.9. The van der Waals surface area contributed by atoms with Crippen molar-refractivity contribution in [2.45, 2.75) is 26.2 Å². The molecule has 124 valence electrons. The first-order valence-corrected chi connectivity index (χ1v) is 7.73. The molecule has 0 atom stereocenters. The van der Waals surface area contributed by atoms with Crippen molar-refractivity contribution in [2.75, 3.05) is 5.32 Å². The van der Waals surface area contributed by atoms with Crippen molar-refractivity contribution in [1.29, 1.82) is 0 Å². The van der Waals surface area contributed by atoms with E-state index < -0.39 is 0 Å². The summed E-state index contributed by atoms with van der Waals surface area (Å²) < 4.78 is 6.97. The van der Waals surface area contributed by atoms with Gasteiger partial charge in [-0.1, -0.05) is 43.2 Å². The Bertz CT molecular complexity index is 833. The molecular weight excluding hydrogens is 306 g/mol. The molecule has 7 heteroatoms. The van der Waals surface area contributed by atoms with Crippen molar-refractivity contribution in [2.24, 2.45) is 7.05 Å². The van der Waals surface area contributed by atoms with Gasteiger partial charge in [-0.05, 0) is 23.1 Å². The maximum absolute atomic E-state index is 12.1. The number of aryl methyl sites for hydroxylation is 1. The molecule has 1 amide bonds. The largest absolute Gasteiger partial charge is 0.407 e. The summed E-state index contributed by atoms with van der Waals surface area (Å²) in [6.45, 7) is 4.31. The molecule has 3 aromatic rings. The highest BCUT2D eigenvalue weighted by atomic mass is 16.4. The lowest BCUT2D eigenvalue weighted by molar-refractivity contribution is 0.101. The predicted octanol–water partition coefficient (Wildman–Crippen LogP) is 2.77. The third-order valence-electron chi connectivity index (χ3n) is 3.74. The lowest BCUT2D eigenvalue weighted by Crippen LogP contribution is -2.16. The summed E-state index contributed by atoms with van der Waals surface area (Å²) in [6.07, 6.45) is 2.07. The van der Waals surface area contributed by atoms with E-state index >= 15 is 0 Å². The first-order chi connectivity index (χ1) is 11.5. The standard InChI is InChI=1S/C17H19N5O2/c1-11(2)13-6-4-12(5-7-13)10-15-20-21-17(24-15)19-16(23)14-8-9-18-22(14)3/h4-9,11H,10H2,1-3H3,(H,19,21,23). The fourth-order valence-electron chi connectivity index (χ4n) is 2.33. The van der Waals surface area contributed by atoms with E-state index in [2.05, 4.69) is 46.6 Å². The van der Waals surface area contributed by atoms with Gasteiger partial charge in [-0.3, -0.25) is 14.8 Å². The number of benzene rings is 1. The molecule has 2 aromatic heterocycles. The summed E-state index contributed by atoms with van der Waals surface area (Å²) >= 11 is 0. The highest BCUT2D eigenvalue weighted by Gasteiger charge is 2.14. The predicted molar refractivity (Wildman–Crippen MR) is 88.8 cm³/mol. The highest BCUT2D eigenvalue weighted by Crippen LogP contribution is 2.17. The minimum Gasteiger partial charge on any atom is -0.407 e. The van der Waals surface area contributed by atoms with Crippen LogP contribution < -0.4 is 5.32 Å². The normalized spacial score (nSPS) is 11.0. The highest BCUT2D eigenvalue weighted by molar-refractivity contribution is 6.01. The fourth-order valence-corrected chi connectivity index (χ4v) is 2.33. The first kappa shape index (κ1) is 15.9. The minimum absolute atomic E-state index is 0.0787. The Labute approximate surface area is 139 Å². The average Bonchev–Trinajstić information content (AvgIpc) is 3.17. The van der Waals surface area contributed by atoms with Crippen LogP contribution in [0.1, 0.15) is 47.3 Å². The molecule has 2 heterocycles. The lowest BCUT2D eigenvalue weighted by Gasteiger charge is -2.05. The van der Waals surface area contributed by atoms with Gasteiger partial charge in [0.2, 0.25) is 5.89 Å². The summed E-state index contributed by atoms with van der Waals surface area (Å²) in [7, 11) is 1.69. The van der Waals surface area contributed by atoms with E-state index in [9.17, 15) is 4.79 Å². The van der Waals surface area contributed by atoms with Gasteiger partial charge in [-0.25, -0.2) is 0 Å². The molecule has 0 aliphatic heterocycles. The van der Waals surface area contributed by atoms with Gasteiger partial charge in [-0.2, -0.15) is 5.10 Å². The van der Waals surface area contributed by atoms with Gasteiger partial charge < -0.3 is 4.42 Å². The molecule has 3 rings (SSSR count). The van der Waals surface area contributed by atoms with E-state index in [4.69, 9.17) is 4.42 Å². The van der Waals surface area contributed by atoms with E-state index in [0.29, 0.717) is 23.9 Å². The SMILES string of the molecule is CC(C)c1ccc(Cc2nnc(NC(=O)c3ccnn3C)o2)cc1. The van der Waals surface area contributed by atoms with E-state index in [-0.39, 0.29) is 11.9 Å². The number of hydrogen-bond donors (Lipinski definition) is 1. The molecule has 0 saturated heterocycles. The van der Waals surface area contributed by atoms with Crippen LogP contribution in [-0.2, 0) is 13.5 Å². The van der Waals surface area contributed by atoms with Gasteiger partial charge in [0.25, 0.3) is 5.91 Å². The van der Waals surface area contributed by atoms with Crippen LogP contribution in [0.3, 0.4) is 0 Å². The van der Waals surface area contributed by atoms with Crippen LogP contribution in [0.15, 0.2) is 40.9 Å². The van der Waals surface area contributed by atoms with E-state index in [1.165, 1.54) is 10.2 Å². The number of rotatable bonds is 5. The molecule has 0 aliphatic rings. The number of nitrogens with one attached hydrogen (secondary N) is 1. The Morgan fingerprint density at radius 1 is 1.21 bits per heavy atom. The molecule has 1 N–H and O–H groups in total. The minimum atomic E-state index is -0.341. The van der Waals surface area contributed by atoms with Crippen LogP contribution in [0.5, 0.6) is 0 Å². The quantitative estimate of drug-likeness (QED) is 0.779. The van der Waals surface area contributed by atoms with E-state index in [1.54, 1.807) is 19.3 Å². The maximum atomic E-state index is 12.1. The summed E-state index contributed by atoms with van der Waals surface area (Å²) in [4.78, 5) is 12.1. The van der Waals surface area contributed by atoms with Crippen molar-refractivity contribution in [1.82, 2.24) is 20.0 Å². The Balaban J connectivity index is 1.65. The zero-order valence-corrected chi connectivity index (χ0v) is 13.9. The summed E-state index contributed by atoms with van der Waals surface area (Å²) in [5, 5.41) is 14.4. The van der Waals surface area contributed by atoms with Crippen LogP contribution in [0, 0.1) is 0 Å². The Morgan fingerprint density at radius 2 is 1.96 bits per heavy atom. The van der Waals surface area contributed by atoms with Gasteiger partial charge >= 0.3 is 6.01 Å². The third-order valence-corrected chi connectivity index (χ3v) is 3.74. The molecule has 0 radical (unpaired) electrons. The third kappa shape index (κ3) is 3.51. The molecule has 0 aliphatic carbocycles. The first-order valence-electron chi connectivity index (χ1n) is 7.73. The van der Waals surface area contributed by atoms with Crippen molar-refractivity contribution >= 4 is 11.9 Å². The molecule has 0 unspecified atom stereocenters. The second-order valence-corrected chi connectivity index (χ2v) is 5.87. The smallest absolute Gasteiger partial charge is 0.322 e. The second kappa shape index (κ2) is 6.66.